The van der Waals surface area contributed by atoms with E-state index < -0.39 is 19.3 Å². The fraction of sp³-hybridized carbons (Fsp3) is 0.400. The average molecular weight is 630 g/mol. The molecule has 5 N–H and O–H groups in total. The van der Waals surface area contributed by atoms with Gasteiger partial charge in [-0.3, -0.25) is 0 Å². The lowest BCUT2D eigenvalue weighted by atomic mass is 9.60. The minimum Gasteiger partial charge on any atom is -0.475 e. The summed E-state index contributed by atoms with van der Waals surface area (Å²) in [6.45, 7) is 7.71. The van der Waals surface area contributed by atoms with E-state index in [1.807, 2.05) is 30.3 Å². The standard InChI is InChI=1S/C28H34N7OP.C2HF3O2/c1-19-14-22(8-9-24(19)35-12-10-28(11-13-35)15-21(30)16-28)32-27-31-18-20(17-29)26(34-27)33-23-6-4-5-7-25(23)37(2,3)36;3-2(4,5)1(6)7/h4-9,14,18,21H,10-13,15-16,30H2,1-3H3,(H2,31,32,33,34);(H,6,7). The van der Waals surface area contributed by atoms with Crippen molar-refractivity contribution in [2.75, 3.05) is 42.0 Å². The van der Waals surface area contributed by atoms with Crippen molar-refractivity contribution in [3.8, 4) is 6.07 Å². The summed E-state index contributed by atoms with van der Waals surface area (Å²) in [7, 11) is -2.53. The molecule has 1 aliphatic carbocycles. The monoisotopic (exact) mass is 629 g/mol. The lowest BCUT2D eigenvalue weighted by Gasteiger charge is -2.51. The molecule has 0 atom stereocenters. The van der Waals surface area contributed by atoms with Gasteiger partial charge in [-0.05, 0) is 87.2 Å². The van der Waals surface area contributed by atoms with Gasteiger partial charge in [-0.2, -0.15) is 23.4 Å². The molecule has 1 saturated carbocycles. The molecule has 10 nitrogen and oxygen atoms in total. The SMILES string of the molecule is Cc1cc(Nc2ncc(C#N)c(Nc3ccccc3P(C)(C)=O)n2)ccc1N1CCC2(CC1)CC(N)C2.O=C(O)C(F)(F)F. The molecule has 44 heavy (non-hydrogen) atoms. The number of halogens is 3. The molecule has 0 radical (unpaired) electrons. The third kappa shape index (κ3) is 7.87. The maximum atomic E-state index is 12.8. The van der Waals surface area contributed by atoms with Gasteiger partial charge < -0.3 is 30.9 Å². The van der Waals surface area contributed by atoms with Crippen LogP contribution in [0, 0.1) is 23.7 Å². The number of hydrogen-bond acceptors (Lipinski definition) is 9. The van der Waals surface area contributed by atoms with Crippen molar-refractivity contribution in [2.45, 2.75) is 44.8 Å². The lowest BCUT2D eigenvalue weighted by Crippen LogP contribution is -2.52. The number of carboxylic acids is 1. The molecule has 1 saturated heterocycles. The number of hydrogen-bond donors (Lipinski definition) is 4. The number of alkyl halides is 3. The smallest absolute Gasteiger partial charge is 0.475 e. The van der Waals surface area contributed by atoms with Gasteiger partial charge in [0.05, 0.1) is 11.9 Å². The molecular weight excluding hydrogens is 594 g/mol. The van der Waals surface area contributed by atoms with Crippen LogP contribution in [0.15, 0.2) is 48.7 Å². The fourth-order valence-electron chi connectivity index (χ4n) is 5.70. The van der Waals surface area contributed by atoms with Crippen LogP contribution in [0.1, 0.15) is 36.8 Å². The number of carbonyl (C=O) groups is 1. The highest BCUT2D eigenvalue weighted by Gasteiger charge is 2.44. The quantitative estimate of drug-likeness (QED) is 0.248. The number of para-hydroxylation sites is 1. The molecule has 1 aliphatic heterocycles. The first kappa shape index (κ1) is 32.8. The van der Waals surface area contributed by atoms with Crippen LogP contribution in [0.4, 0.5) is 42.0 Å². The van der Waals surface area contributed by atoms with Gasteiger partial charge in [0, 0.05) is 35.8 Å². The zero-order valence-electron chi connectivity index (χ0n) is 24.6. The lowest BCUT2D eigenvalue weighted by molar-refractivity contribution is -0.192. The van der Waals surface area contributed by atoms with E-state index in [4.69, 9.17) is 15.6 Å². The summed E-state index contributed by atoms with van der Waals surface area (Å²) in [4.78, 5) is 20.3. The van der Waals surface area contributed by atoms with Crippen LogP contribution in [0.5, 0.6) is 0 Å². The van der Waals surface area contributed by atoms with Crippen LogP contribution in [-0.4, -0.2) is 59.7 Å². The molecule has 234 valence electrons. The van der Waals surface area contributed by atoms with Gasteiger partial charge >= 0.3 is 12.1 Å². The van der Waals surface area contributed by atoms with Crippen molar-refractivity contribution < 1.29 is 27.6 Å². The van der Waals surface area contributed by atoms with Crippen molar-refractivity contribution in [3.05, 3.63) is 59.8 Å². The van der Waals surface area contributed by atoms with E-state index in [1.54, 1.807) is 13.3 Å². The first-order chi connectivity index (χ1) is 20.6. The van der Waals surface area contributed by atoms with E-state index in [1.165, 1.54) is 43.1 Å². The van der Waals surface area contributed by atoms with Gasteiger partial charge in [-0.25, -0.2) is 9.78 Å². The number of aromatic nitrogens is 2. The van der Waals surface area contributed by atoms with Crippen molar-refractivity contribution in [3.63, 3.8) is 0 Å². The normalized spacial score (nSPS) is 16.3. The van der Waals surface area contributed by atoms with Crippen LogP contribution in [-0.2, 0) is 9.36 Å². The second-order valence-electron chi connectivity index (χ2n) is 11.6. The number of benzene rings is 2. The molecule has 5 rings (SSSR count). The molecule has 0 bridgehead atoms. The van der Waals surface area contributed by atoms with Crippen LogP contribution >= 0.6 is 7.14 Å². The van der Waals surface area contributed by atoms with Gasteiger partial charge in [0.15, 0.2) is 5.82 Å². The van der Waals surface area contributed by atoms with Gasteiger partial charge in [-0.15, -0.1) is 0 Å². The highest BCUT2D eigenvalue weighted by molar-refractivity contribution is 7.70. The van der Waals surface area contributed by atoms with Crippen molar-refractivity contribution >= 4 is 47.2 Å². The summed E-state index contributed by atoms with van der Waals surface area (Å²) < 4.78 is 44.5. The number of nitrogens with two attached hydrogens (primary N) is 1. The molecule has 14 heteroatoms. The molecule has 0 unspecified atom stereocenters. The number of piperidine rings is 1. The third-order valence-electron chi connectivity index (χ3n) is 7.90. The first-order valence-corrected chi connectivity index (χ1v) is 16.6. The summed E-state index contributed by atoms with van der Waals surface area (Å²) >= 11 is 0. The van der Waals surface area contributed by atoms with E-state index in [2.05, 4.69) is 50.6 Å². The predicted octanol–water partition coefficient (Wildman–Crippen LogP) is 5.73. The Bertz CT molecular complexity index is 1600. The second kappa shape index (κ2) is 12.8. The van der Waals surface area contributed by atoms with Gasteiger partial charge in [0.1, 0.15) is 18.8 Å². The Labute approximate surface area is 253 Å². The van der Waals surface area contributed by atoms with Gasteiger partial charge in [0.2, 0.25) is 5.95 Å². The molecule has 3 aromatic rings. The average Bonchev–Trinajstić information content (AvgIpc) is 2.93. The topological polar surface area (TPSA) is 157 Å². The number of nitrogens with one attached hydrogen (secondary N) is 2. The van der Waals surface area contributed by atoms with E-state index in [0.29, 0.717) is 39.8 Å². The molecule has 2 fully saturated rings. The number of anilines is 5. The molecule has 2 aromatic carbocycles. The number of nitrogens with zero attached hydrogens (tertiary/aromatic N) is 4. The van der Waals surface area contributed by atoms with E-state index in [-0.39, 0.29) is 0 Å². The summed E-state index contributed by atoms with van der Waals surface area (Å²) in [5.74, 6) is -2.01. The minimum absolute atomic E-state index is 0.309. The highest BCUT2D eigenvalue weighted by Crippen LogP contribution is 2.49. The number of aryl methyl sites for hydroxylation is 1. The Kier molecular flexibility index (Phi) is 9.56. The van der Waals surface area contributed by atoms with E-state index in [0.717, 1.165) is 18.8 Å². The molecule has 2 heterocycles. The van der Waals surface area contributed by atoms with Crippen LogP contribution in [0.3, 0.4) is 0 Å². The molecular formula is C30H35F3N7O3P. The van der Waals surface area contributed by atoms with Gasteiger partial charge in [0.25, 0.3) is 0 Å². The maximum absolute atomic E-state index is 12.8. The zero-order valence-corrected chi connectivity index (χ0v) is 25.5. The number of nitriles is 1. The molecule has 1 spiro atoms. The van der Waals surface area contributed by atoms with Crippen molar-refractivity contribution in [1.29, 1.82) is 5.26 Å². The zero-order chi connectivity index (χ0) is 32.3. The predicted molar refractivity (Wildman–Crippen MR) is 165 cm³/mol. The summed E-state index contributed by atoms with van der Waals surface area (Å²) in [5, 5.41) is 23.9. The Morgan fingerprint density at radius 3 is 2.34 bits per heavy atom. The van der Waals surface area contributed by atoms with E-state index in [9.17, 15) is 23.0 Å². The highest BCUT2D eigenvalue weighted by atomic mass is 31.2. The molecule has 0 amide bonds. The Morgan fingerprint density at radius 2 is 1.80 bits per heavy atom. The molecule has 2 aliphatic rings. The van der Waals surface area contributed by atoms with Crippen LogP contribution in [0.25, 0.3) is 0 Å². The summed E-state index contributed by atoms with van der Waals surface area (Å²) in [6, 6.07) is 16.2. The van der Waals surface area contributed by atoms with Crippen LogP contribution in [0.2, 0.25) is 0 Å². The Morgan fingerprint density at radius 1 is 1.16 bits per heavy atom. The molecule has 1 aromatic heterocycles. The van der Waals surface area contributed by atoms with Gasteiger partial charge in [-0.1, -0.05) is 12.1 Å². The van der Waals surface area contributed by atoms with Crippen LogP contribution < -0.4 is 26.6 Å². The maximum Gasteiger partial charge on any atom is 0.490 e. The number of rotatable bonds is 6. The first-order valence-electron chi connectivity index (χ1n) is 14.0. The third-order valence-corrected chi connectivity index (χ3v) is 9.45. The van der Waals surface area contributed by atoms with E-state index >= 15 is 0 Å². The fourth-order valence-corrected chi connectivity index (χ4v) is 6.85. The van der Waals surface area contributed by atoms with Crippen molar-refractivity contribution in [2.24, 2.45) is 11.1 Å². The largest absolute Gasteiger partial charge is 0.490 e. The Balaban J connectivity index is 0.000000566. The minimum atomic E-state index is -5.08. The summed E-state index contributed by atoms with van der Waals surface area (Å²) in [6.07, 6.45) is 1.18. The van der Waals surface area contributed by atoms with Crippen molar-refractivity contribution in [1.82, 2.24) is 9.97 Å². The number of carboxylic acid groups (broad SMARTS) is 1. The second-order valence-corrected chi connectivity index (χ2v) is 14.8. The Hall–Kier alpha value is -4.14. The number of aliphatic carboxylic acids is 1. The summed E-state index contributed by atoms with van der Waals surface area (Å²) in [5.41, 5.74) is 10.8.